The summed E-state index contributed by atoms with van der Waals surface area (Å²) in [4.78, 5) is 24.7. The Labute approximate surface area is 141 Å². The fourth-order valence-corrected chi connectivity index (χ4v) is 3.26. The number of nitrogens with zero attached hydrogens (tertiary/aromatic N) is 5. The molecule has 0 saturated carbocycles. The molecule has 0 unspecified atom stereocenters. The molecule has 128 valence electrons. The quantitative estimate of drug-likeness (QED) is 0.835. The zero-order valence-corrected chi connectivity index (χ0v) is 14.3. The number of hydrogen-bond acceptors (Lipinski definition) is 6. The van der Waals surface area contributed by atoms with Crippen LogP contribution in [0.2, 0.25) is 0 Å². The predicted octanol–water partition coefficient (Wildman–Crippen LogP) is 1.96. The van der Waals surface area contributed by atoms with E-state index in [2.05, 4.69) is 33.0 Å². The van der Waals surface area contributed by atoms with E-state index in [-0.39, 0.29) is 18.0 Å². The predicted molar refractivity (Wildman–Crippen MR) is 87.9 cm³/mol. The maximum absolute atomic E-state index is 12.1. The molecule has 0 spiro atoms. The van der Waals surface area contributed by atoms with E-state index in [1.165, 1.54) is 5.56 Å². The van der Waals surface area contributed by atoms with Crippen molar-refractivity contribution in [1.29, 1.82) is 0 Å². The topological polar surface area (TPSA) is 75.4 Å². The zero-order chi connectivity index (χ0) is 17.1. The molecule has 24 heavy (non-hydrogen) atoms. The Hall–Kier alpha value is -2.28. The van der Waals surface area contributed by atoms with Crippen LogP contribution in [-0.2, 0) is 11.3 Å². The summed E-state index contributed by atoms with van der Waals surface area (Å²) >= 11 is 0. The number of amides is 1. The average molecular weight is 329 g/mol. The maximum Gasteiger partial charge on any atom is 0.223 e. The molecule has 7 nitrogen and oxygen atoms in total. The summed E-state index contributed by atoms with van der Waals surface area (Å²) in [5, 5.41) is 3.91. The Kier molecular flexibility index (Phi) is 4.89. The van der Waals surface area contributed by atoms with Crippen molar-refractivity contribution in [2.45, 2.75) is 45.8 Å². The van der Waals surface area contributed by atoms with Crippen LogP contribution in [0.3, 0.4) is 0 Å². The molecule has 1 amide bonds. The van der Waals surface area contributed by atoms with Crippen molar-refractivity contribution >= 4 is 5.91 Å². The SMILES string of the molecule is CC(=O)N(Cc1noc(C)n1)[C@@H]1CCN([C@@H](C)c2cccnc2)C1. The van der Waals surface area contributed by atoms with E-state index in [0.717, 1.165) is 19.5 Å². The van der Waals surface area contributed by atoms with Gasteiger partial charge < -0.3 is 9.42 Å². The van der Waals surface area contributed by atoms with Crippen molar-refractivity contribution in [2.75, 3.05) is 13.1 Å². The van der Waals surface area contributed by atoms with Gasteiger partial charge in [0, 0.05) is 51.4 Å². The molecular weight excluding hydrogens is 306 g/mol. The third kappa shape index (κ3) is 3.62. The van der Waals surface area contributed by atoms with Crippen molar-refractivity contribution < 1.29 is 9.32 Å². The van der Waals surface area contributed by atoms with E-state index in [1.807, 2.05) is 17.2 Å². The van der Waals surface area contributed by atoms with Crippen molar-refractivity contribution in [2.24, 2.45) is 0 Å². The number of aromatic nitrogens is 3. The third-order valence-corrected chi connectivity index (χ3v) is 4.64. The molecule has 0 N–H and O–H groups in total. The van der Waals surface area contributed by atoms with Crippen LogP contribution in [0.25, 0.3) is 0 Å². The number of likely N-dealkylation sites (tertiary alicyclic amines) is 1. The Morgan fingerprint density at radius 3 is 3.00 bits per heavy atom. The monoisotopic (exact) mass is 329 g/mol. The smallest absolute Gasteiger partial charge is 0.223 e. The highest BCUT2D eigenvalue weighted by atomic mass is 16.5. The number of aryl methyl sites for hydroxylation is 1. The number of hydrogen-bond donors (Lipinski definition) is 0. The number of pyridine rings is 1. The molecule has 0 aliphatic carbocycles. The van der Waals surface area contributed by atoms with E-state index in [9.17, 15) is 4.79 Å². The van der Waals surface area contributed by atoms with Gasteiger partial charge in [0.15, 0.2) is 5.82 Å². The van der Waals surface area contributed by atoms with Gasteiger partial charge in [-0.05, 0) is 25.0 Å². The fourth-order valence-electron chi connectivity index (χ4n) is 3.26. The lowest BCUT2D eigenvalue weighted by molar-refractivity contribution is -0.131. The summed E-state index contributed by atoms with van der Waals surface area (Å²) in [5.41, 5.74) is 1.20. The van der Waals surface area contributed by atoms with Gasteiger partial charge in [-0.2, -0.15) is 4.98 Å². The minimum absolute atomic E-state index is 0.0401. The first kappa shape index (κ1) is 16.6. The lowest BCUT2D eigenvalue weighted by Gasteiger charge is -2.29. The van der Waals surface area contributed by atoms with Crippen LogP contribution < -0.4 is 0 Å². The molecule has 2 aromatic rings. The largest absolute Gasteiger partial charge is 0.340 e. The van der Waals surface area contributed by atoms with Gasteiger partial charge in [0.05, 0.1) is 6.54 Å². The van der Waals surface area contributed by atoms with Gasteiger partial charge >= 0.3 is 0 Å². The van der Waals surface area contributed by atoms with Gasteiger partial charge in [-0.15, -0.1) is 0 Å². The van der Waals surface area contributed by atoms with Crippen molar-refractivity contribution in [3.8, 4) is 0 Å². The molecule has 0 aromatic carbocycles. The number of carbonyl (C=O) groups is 1. The van der Waals surface area contributed by atoms with Crippen molar-refractivity contribution in [1.82, 2.24) is 24.9 Å². The highest BCUT2D eigenvalue weighted by Gasteiger charge is 2.32. The first-order valence-corrected chi connectivity index (χ1v) is 8.25. The summed E-state index contributed by atoms with van der Waals surface area (Å²) < 4.78 is 5.01. The van der Waals surface area contributed by atoms with Crippen LogP contribution in [0, 0.1) is 6.92 Å². The Balaban J connectivity index is 1.67. The molecule has 3 rings (SSSR count). The third-order valence-electron chi connectivity index (χ3n) is 4.64. The van der Waals surface area contributed by atoms with E-state index in [4.69, 9.17) is 4.52 Å². The normalized spacial score (nSPS) is 19.4. The number of carbonyl (C=O) groups excluding carboxylic acids is 1. The van der Waals surface area contributed by atoms with E-state index < -0.39 is 0 Å². The summed E-state index contributed by atoms with van der Waals surface area (Å²) in [6.07, 6.45) is 4.64. The summed E-state index contributed by atoms with van der Waals surface area (Å²) in [6.45, 7) is 7.72. The van der Waals surface area contributed by atoms with Crippen LogP contribution in [0.5, 0.6) is 0 Å². The summed E-state index contributed by atoms with van der Waals surface area (Å²) in [6, 6.07) is 4.50. The minimum Gasteiger partial charge on any atom is -0.340 e. The van der Waals surface area contributed by atoms with Gasteiger partial charge in [0.25, 0.3) is 0 Å². The highest BCUT2D eigenvalue weighted by molar-refractivity contribution is 5.73. The van der Waals surface area contributed by atoms with Crippen molar-refractivity contribution in [3.05, 3.63) is 41.8 Å². The highest BCUT2D eigenvalue weighted by Crippen LogP contribution is 2.26. The molecule has 0 radical (unpaired) electrons. The van der Waals surface area contributed by atoms with Gasteiger partial charge in [0.1, 0.15) is 0 Å². The molecule has 1 fully saturated rings. The maximum atomic E-state index is 12.1. The van der Waals surface area contributed by atoms with Gasteiger partial charge in [0.2, 0.25) is 11.8 Å². The molecule has 3 heterocycles. The standard InChI is InChI=1S/C17H23N5O2/c1-12(15-5-4-7-18-9-15)21-8-6-16(10-21)22(14(3)23)11-17-19-13(2)24-20-17/h4-5,7,9,12,16H,6,8,10-11H2,1-3H3/t12-,16+/m0/s1. The van der Waals surface area contributed by atoms with Crippen LogP contribution in [0.1, 0.15) is 43.6 Å². The van der Waals surface area contributed by atoms with Crippen LogP contribution >= 0.6 is 0 Å². The molecule has 1 aliphatic heterocycles. The molecule has 7 heteroatoms. The first-order chi connectivity index (χ1) is 11.5. The molecule has 2 atom stereocenters. The average Bonchev–Trinajstić information content (AvgIpc) is 3.21. The van der Waals surface area contributed by atoms with Gasteiger partial charge in [-0.3, -0.25) is 14.7 Å². The van der Waals surface area contributed by atoms with Crippen LogP contribution in [-0.4, -0.2) is 50.0 Å². The van der Waals surface area contributed by atoms with Crippen molar-refractivity contribution in [3.63, 3.8) is 0 Å². The summed E-state index contributed by atoms with van der Waals surface area (Å²) in [5.74, 6) is 1.12. The second-order valence-electron chi connectivity index (χ2n) is 6.28. The molecule has 1 saturated heterocycles. The Morgan fingerprint density at radius 1 is 1.54 bits per heavy atom. The van der Waals surface area contributed by atoms with Crippen LogP contribution in [0.4, 0.5) is 0 Å². The Morgan fingerprint density at radius 2 is 2.38 bits per heavy atom. The minimum atomic E-state index is 0.0401. The zero-order valence-electron chi connectivity index (χ0n) is 14.3. The number of rotatable bonds is 5. The van der Waals surface area contributed by atoms with Gasteiger partial charge in [-0.25, -0.2) is 0 Å². The fraction of sp³-hybridized carbons (Fsp3) is 0.529. The van der Waals surface area contributed by atoms with E-state index in [1.54, 1.807) is 20.0 Å². The summed E-state index contributed by atoms with van der Waals surface area (Å²) in [7, 11) is 0. The molecule has 2 aromatic heterocycles. The lowest BCUT2D eigenvalue weighted by atomic mass is 10.1. The molecular formula is C17H23N5O2. The molecule has 1 aliphatic rings. The van der Waals surface area contributed by atoms with Crippen LogP contribution in [0.15, 0.2) is 29.0 Å². The van der Waals surface area contributed by atoms with E-state index >= 15 is 0 Å². The van der Waals surface area contributed by atoms with E-state index in [0.29, 0.717) is 18.3 Å². The second-order valence-corrected chi connectivity index (χ2v) is 6.28. The van der Waals surface area contributed by atoms with Gasteiger partial charge in [-0.1, -0.05) is 11.2 Å². The molecule has 0 bridgehead atoms. The Bertz CT molecular complexity index is 687. The lowest BCUT2D eigenvalue weighted by Crippen LogP contribution is -2.40. The first-order valence-electron chi connectivity index (χ1n) is 8.25. The second kappa shape index (κ2) is 7.09.